The third-order valence-electron chi connectivity index (χ3n) is 3.96. The van der Waals surface area contributed by atoms with Crippen LogP contribution >= 0.6 is 0 Å². The summed E-state index contributed by atoms with van der Waals surface area (Å²) in [6, 6.07) is 0. The third-order valence-corrected chi connectivity index (χ3v) is 3.96. The fourth-order valence-corrected chi connectivity index (χ4v) is 2.13. The summed E-state index contributed by atoms with van der Waals surface area (Å²) in [6.07, 6.45) is 2.89. The second kappa shape index (κ2) is 4.84. The molecule has 2 atom stereocenters. The van der Waals surface area contributed by atoms with E-state index in [-0.39, 0.29) is 11.7 Å². The topological polar surface area (TPSA) is 38.8 Å². The maximum Gasteiger partial charge on any atom is 0.410 e. The fourth-order valence-electron chi connectivity index (χ4n) is 2.13. The Morgan fingerprint density at radius 3 is 2.82 bits per heavy atom. The van der Waals surface area contributed by atoms with Gasteiger partial charge in [-0.1, -0.05) is 6.92 Å². The van der Waals surface area contributed by atoms with Crippen LogP contribution in [0.4, 0.5) is 4.79 Å². The second-order valence-corrected chi connectivity index (χ2v) is 5.80. The molecule has 1 saturated heterocycles. The van der Waals surface area contributed by atoms with E-state index >= 15 is 0 Å². The van der Waals surface area contributed by atoms with Gasteiger partial charge < -0.3 is 14.4 Å². The van der Waals surface area contributed by atoms with Crippen LogP contribution in [0.5, 0.6) is 0 Å². The zero-order chi connectivity index (χ0) is 12.5. The first-order valence-electron chi connectivity index (χ1n) is 6.52. The van der Waals surface area contributed by atoms with Crippen molar-refractivity contribution >= 4 is 6.09 Å². The van der Waals surface area contributed by atoms with Gasteiger partial charge in [-0.25, -0.2) is 4.79 Å². The van der Waals surface area contributed by atoms with Crippen molar-refractivity contribution in [2.75, 3.05) is 26.8 Å². The van der Waals surface area contributed by atoms with Crippen molar-refractivity contribution in [3.63, 3.8) is 0 Å². The Morgan fingerprint density at radius 2 is 2.24 bits per heavy atom. The van der Waals surface area contributed by atoms with E-state index in [1.165, 1.54) is 0 Å². The van der Waals surface area contributed by atoms with Gasteiger partial charge in [0.2, 0.25) is 0 Å². The normalized spacial score (nSPS) is 30.8. The summed E-state index contributed by atoms with van der Waals surface area (Å²) in [5, 5.41) is 0. The summed E-state index contributed by atoms with van der Waals surface area (Å²) in [4.78, 5) is 13.5. The van der Waals surface area contributed by atoms with E-state index < -0.39 is 0 Å². The van der Waals surface area contributed by atoms with E-state index in [4.69, 9.17) is 9.47 Å². The molecule has 2 fully saturated rings. The summed E-state index contributed by atoms with van der Waals surface area (Å²) < 4.78 is 10.9. The SMILES string of the molecule is C[C@H]1CCOCC1CN(C)C(=O)OC1(C)CC1. The molecule has 1 aliphatic heterocycles. The molecule has 1 saturated carbocycles. The Hall–Kier alpha value is -0.770. The summed E-state index contributed by atoms with van der Waals surface area (Å²) >= 11 is 0. The van der Waals surface area contributed by atoms with Gasteiger partial charge in [-0.3, -0.25) is 0 Å². The van der Waals surface area contributed by atoms with Gasteiger partial charge in [0, 0.05) is 26.1 Å². The van der Waals surface area contributed by atoms with Gasteiger partial charge in [0.15, 0.2) is 0 Å². The first-order valence-corrected chi connectivity index (χ1v) is 6.52. The van der Waals surface area contributed by atoms with Gasteiger partial charge in [-0.2, -0.15) is 0 Å². The van der Waals surface area contributed by atoms with Crippen molar-refractivity contribution in [1.82, 2.24) is 4.90 Å². The highest BCUT2D eigenvalue weighted by molar-refractivity contribution is 5.68. The molecule has 0 bridgehead atoms. The van der Waals surface area contributed by atoms with Crippen LogP contribution in [0, 0.1) is 11.8 Å². The molecule has 1 aliphatic carbocycles. The third kappa shape index (κ3) is 3.35. The average molecular weight is 241 g/mol. The van der Waals surface area contributed by atoms with E-state index in [1.807, 2.05) is 14.0 Å². The van der Waals surface area contributed by atoms with Crippen LogP contribution in [0.2, 0.25) is 0 Å². The molecular weight excluding hydrogens is 218 g/mol. The molecule has 1 amide bonds. The second-order valence-electron chi connectivity index (χ2n) is 5.80. The predicted octanol–water partition coefficient (Wildman–Crippen LogP) is 2.28. The molecule has 0 spiro atoms. The number of ether oxygens (including phenoxy) is 2. The minimum Gasteiger partial charge on any atom is -0.443 e. The quantitative estimate of drug-likeness (QED) is 0.761. The lowest BCUT2D eigenvalue weighted by Crippen LogP contribution is -2.39. The zero-order valence-electron chi connectivity index (χ0n) is 11.1. The van der Waals surface area contributed by atoms with Crippen LogP contribution in [-0.4, -0.2) is 43.4 Å². The molecule has 4 heteroatoms. The molecule has 0 aromatic heterocycles. The van der Waals surface area contributed by atoms with Gasteiger partial charge in [0.25, 0.3) is 0 Å². The van der Waals surface area contributed by atoms with Crippen LogP contribution in [0.3, 0.4) is 0 Å². The molecule has 2 aliphatic rings. The van der Waals surface area contributed by atoms with Crippen molar-refractivity contribution in [3.05, 3.63) is 0 Å². The Kier molecular flexibility index (Phi) is 3.61. The molecule has 0 aromatic rings. The Bertz CT molecular complexity index is 288. The maximum atomic E-state index is 11.8. The molecular formula is C13H23NO3. The van der Waals surface area contributed by atoms with Crippen LogP contribution in [0.1, 0.15) is 33.1 Å². The molecule has 98 valence electrons. The molecule has 0 radical (unpaired) electrons. The van der Waals surface area contributed by atoms with Gasteiger partial charge >= 0.3 is 6.09 Å². The largest absolute Gasteiger partial charge is 0.443 e. The molecule has 1 heterocycles. The van der Waals surface area contributed by atoms with E-state index in [0.717, 1.165) is 39.0 Å². The zero-order valence-corrected chi connectivity index (χ0v) is 11.1. The van der Waals surface area contributed by atoms with Crippen molar-refractivity contribution in [2.24, 2.45) is 11.8 Å². The smallest absolute Gasteiger partial charge is 0.410 e. The standard InChI is InChI=1S/C13H23NO3/c1-10-4-7-16-9-11(10)8-14(3)12(15)17-13(2)5-6-13/h10-11H,4-9H2,1-3H3/t10-,11?/m0/s1. The van der Waals surface area contributed by atoms with Crippen LogP contribution in [0.25, 0.3) is 0 Å². The highest BCUT2D eigenvalue weighted by Crippen LogP contribution is 2.39. The Morgan fingerprint density at radius 1 is 1.53 bits per heavy atom. The molecule has 17 heavy (non-hydrogen) atoms. The Balaban J connectivity index is 1.78. The lowest BCUT2D eigenvalue weighted by molar-refractivity contribution is 0.00467. The van der Waals surface area contributed by atoms with Crippen molar-refractivity contribution in [1.29, 1.82) is 0 Å². The minimum absolute atomic E-state index is 0.181. The van der Waals surface area contributed by atoms with Gasteiger partial charge in [-0.15, -0.1) is 0 Å². The van der Waals surface area contributed by atoms with Crippen molar-refractivity contribution < 1.29 is 14.3 Å². The number of hydrogen-bond acceptors (Lipinski definition) is 3. The van der Waals surface area contributed by atoms with Crippen LogP contribution < -0.4 is 0 Å². The molecule has 0 aromatic carbocycles. The minimum atomic E-state index is -0.192. The van der Waals surface area contributed by atoms with E-state index in [0.29, 0.717) is 11.8 Å². The average Bonchev–Trinajstić information content (AvgIpc) is 2.99. The van der Waals surface area contributed by atoms with E-state index in [9.17, 15) is 4.79 Å². The predicted molar refractivity (Wildman–Crippen MR) is 64.8 cm³/mol. The Labute approximate surface area is 103 Å². The lowest BCUT2D eigenvalue weighted by Gasteiger charge is -2.32. The molecule has 0 N–H and O–H groups in total. The molecule has 1 unspecified atom stereocenters. The van der Waals surface area contributed by atoms with Gasteiger partial charge in [0.1, 0.15) is 5.60 Å². The number of rotatable bonds is 3. The first-order chi connectivity index (χ1) is 8.00. The number of nitrogens with zero attached hydrogens (tertiary/aromatic N) is 1. The number of carbonyl (C=O) groups excluding carboxylic acids is 1. The maximum absolute atomic E-state index is 11.8. The van der Waals surface area contributed by atoms with Crippen LogP contribution in [0.15, 0.2) is 0 Å². The van der Waals surface area contributed by atoms with Crippen LogP contribution in [-0.2, 0) is 9.47 Å². The summed E-state index contributed by atoms with van der Waals surface area (Å²) in [6.45, 7) is 6.57. The highest BCUT2D eigenvalue weighted by Gasteiger charge is 2.42. The fraction of sp³-hybridized carbons (Fsp3) is 0.923. The summed E-state index contributed by atoms with van der Waals surface area (Å²) in [5.41, 5.74) is -0.181. The van der Waals surface area contributed by atoms with Gasteiger partial charge in [-0.05, 0) is 32.1 Å². The first kappa shape index (κ1) is 12.7. The van der Waals surface area contributed by atoms with Gasteiger partial charge in [0.05, 0.1) is 6.61 Å². The van der Waals surface area contributed by atoms with E-state index in [2.05, 4.69) is 6.92 Å². The van der Waals surface area contributed by atoms with E-state index in [1.54, 1.807) is 4.90 Å². The lowest BCUT2D eigenvalue weighted by atomic mass is 9.90. The summed E-state index contributed by atoms with van der Waals surface area (Å²) in [7, 11) is 1.81. The van der Waals surface area contributed by atoms with Crippen molar-refractivity contribution in [2.45, 2.75) is 38.7 Å². The highest BCUT2D eigenvalue weighted by atomic mass is 16.6. The molecule has 4 nitrogen and oxygen atoms in total. The molecule has 2 rings (SSSR count). The van der Waals surface area contributed by atoms with Crippen molar-refractivity contribution in [3.8, 4) is 0 Å². The summed E-state index contributed by atoms with van der Waals surface area (Å²) in [5.74, 6) is 1.06. The number of amides is 1. The number of carbonyl (C=O) groups is 1. The monoisotopic (exact) mass is 241 g/mol. The number of hydrogen-bond donors (Lipinski definition) is 0.